The first-order chi connectivity index (χ1) is 8.35. The molecular weight excluding hydrogens is 230 g/mol. The van der Waals surface area contributed by atoms with E-state index < -0.39 is 5.97 Å². The molecule has 1 aromatic carbocycles. The number of anilines is 1. The van der Waals surface area contributed by atoms with Crippen LogP contribution < -0.4 is 5.32 Å². The summed E-state index contributed by atoms with van der Waals surface area (Å²) in [7, 11) is 1.69. The van der Waals surface area contributed by atoms with Crippen molar-refractivity contribution in [2.24, 2.45) is 0 Å². The molecule has 0 aliphatic rings. The number of carbonyl (C=O) groups is 1. The Morgan fingerprint density at radius 2 is 2.11 bits per heavy atom. The van der Waals surface area contributed by atoms with Crippen LogP contribution in [0, 0.1) is 6.92 Å². The van der Waals surface area contributed by atoms with Crippen molar-refractivity contribution in [1.29, 1.82) is 0 Å². The third kappa shape index (κ3) is 4.04. The van der Waals surface area contributed by atoms with Crippen molar-refractivity contribution in [3.63, 3.8) is 0 Å². The topological polar surface area (TPSA) is 58.6 Å². The highest BCUT2D eigenvalue weighted by Gasteiger charge is 2.15. The summed E-state index contributed by atoms with van der Waals surface area (Å²) in [6, 6.07) is 5.09. The molecule has 0 aliphatic carbocycles. The van der Waals surface area contributed by atoms with Crippen molar-refractivity contribution < 1.29 is 14.6 Å². The molecule has 0 atom stereocenters. The monoisotopic (exact) mass is 251 g/mol. The lowest BCUT2D eigenvalue weighted by Gasteiger charge is -2.23. The highest BCUT2D eigenvalue weighted by Crippen LogP contribution is 2.18. The van der Waals surface area contributed by atoms with E-state index in [1.54, 1.807) is 19.2 Å². The number of methoxy groups -OCH3 is 1. The predicted molar refractivity (Wildman–Crippen MR) is 72.3 cm³/mol. The van der Waals surface area contributed by atoms with Crippen molar-refractivity contribution >= 4 is 11.7 Å². The minimum Gasteiger partial charge on any atom is -0.478 e. The van der Waals surface area contributed by atoms with Gasteiger partial charge in [0.1, 0.15) is 0 Å². The van der Waals surface area contributed by atoms with Gasteiger partial charge in [0.25, 0.3) is 0 Å². The predicted octanol–water partition coefficient (Wildman–Crippen LogP) is 2.92. The second-order valence-electron chi connectivity index (χ2n) is 4.98. The number of nitrogens with one attached hydrogen (secondary N) is 1. The normalized spacial score (nSPS) is 11.3. The van der Waals surface area contributed by atoms with Crippen LogP contribution in [0.2, 0.25) is 0 Å². The van der Waals surface area contributed by atoms with Gasteiger partial charge < -0.3 is 15.2 Å². The van der Waals surface area contributed by atoms with E-state index in [2.05, 4.69) is 5.32 Å². The van der Waals surface area contributed by atoms with Crippen LogP contribution in [-0.4, -0.2) is 30.3 Å². The summed E-state index contributed by atoms with van der Waals surface area (Å²) in [5, 5.41) is 12.2. The number of hydrogen-bond acceptors (Lipinski definition) is 3. The summed E-state index contributed by atoms with van der Waals surface area (Å²) in [5.74, 6) is -0.907. The molecule has 0 saturated heterocycles. The number of carboxylic acids is 1. The van der Waals surface area contributed by atoms with Crippen LogP contribution in [0.1, 0.15) is 36.2 Å². The molecule has 0 saturated carbocycles. The Balaban J connectivity index is 2.67. The lowest BCUT2D eigenvalue weighted by atomic mass is 10.0. The minimum absolute atomic E-state index is 0.175. The van der Waals surface area contributed by atoms with Gasteiger partial charge in [-0.25, -0.2) is 4.79 Å². The van der Waals surface area contributed by atoms with Gasteiger partial charge in [-0.2, -0.15) is 0 Å². The maximum absolute atomic E-state index is 10.9. The van der Waals surface area contributed by atoms with Crippen LogP contribution in [-0.2, 0) is 4.74 Å². The van der Waals surface area contributed by atoms with E-state index in [0.29, 0.717) is 5.56 Å². The van der Waals surface area contributed by atoms with Crippen molar-refractivity contribution in [2.75, 3.05) is 19.0 Å². The molecule has 1 aromatic rings. The van der Waals surface area contributed by atoms with Gasteiger partial charge in [-0.3, -0.25) is 0 Å². The summed E-state index contributed by atoms with van der Waals surface area (Å²) in [6.07, 6.45) is 0.847. The van der Waals surface area contributed by atoms with Gasteiger partial charge in [0.2, 0.25) is 0 Å². The summed E-state index contributed by atoms with van der Waals surface area (Å²) in [5.41, 5.74) is 2.02. The quantitative estimate of drug-likeness (QED) is 0.816. The van der Waals surface area contributed by atoms with E-state index >= 15 is 0 Å². The number of ether oxygens (including phenoxy) is 1. The molecule has 0 bridgehead atoms. The van der Waals surface area contributed by atoms with E-state index in [-0.39, 0.29) is 5.60 Å². The summed E-state index contributed by atoms with van der Waals surface area (Å²) < 4.78 is 5.33. The Morgan fingerprint density at radius 1 is 1.44 bits per heavy atom. The maximum Gasteiger partial charge on any atom is 0.335 e. The fourth-order valence-corrected chi connectivity index (χ4v) is 1.55. The number of benzene rings is 1. The van der Waals surface area contributed by atoms with Crippen LogP contribution in [0.3, 0.4) is 0 Å². The maximum atomic E-state index is 10.9. The standard InChI is InChI=1S/C14H21NO3/c1-10-5-6-11(13(16)17)9-12(10)15-8-7-14(2,3)18-4/h5-6,9,15H,7-8H2,1-4H3,(H,16,17). The Labute approximate surface area is 108 Å². The van der Waals surface area contributed by atoms with E-state index in [4.69, 9.17) is 9.84 Å². The lowest BCUT2D eigenvalue weighted by molar-refractivity contribution is 0.0185. The minimum atomic E-state index is -0.907. The molecule has 1 rings (SSSR count). The van der Waals surface area contributed by atoms with Gasteiger partial charge in [-0.1, -0.05) is 6.07 Å². The highest BCUT2D eigenvalue weighted by molar-refractivity contribution is 5.89. The van der Waals surface area contributed by atoms with Crippen molar-refractivity contribution in [3.05, 3.63) is 29.3 Å². The lowest BCUT2D eigenvalue weighted by Crippen LogP contribution is -2.25. The van der Waals surface area contributed by atoms with Crippen molar-refractivity contribution in [3.8, 4) is 0 Å². The fourth-order valence-electron chi connectivity index (χ4n) is 1.55. The molecule has 2 N–H and O–H groups in total. The van der Waals surface area contributed by atoms with Crippen molar-refractivity contribution in [2.45, 2.75) is 32.8 Å². The zero-order chi connectivity index (χ0) is 13.8. The second kappa shape index (κ2) is 5.87. The molecule has 0 heterocycles. The molecule has 0 spiro atoms. The molecule has 0 radical (unpaired) electrons. The van der Waals surface area contributed by atoms with Crippen LogP contribution in [0.15, 0.2) is 18.2 Å². The average molecular weight is 251 g/mol. The fraction of sp³-hybridized carbons (Fsp3) is 0.500. The largest absolute Gasteiger partial charge is 0.478 e. The first-order valence-electron chi connectivity index (χ1n) is 5.99. The van der Waals surface area contributed by atoms with Crippen LogP contribution in [0.25, 0.3) is 0 Å². The molecule has 100 valence electrons. The number of aryl methyl sites for hydroxylation is 1. The molecule has 18 heavy (non-hydrogen) atoms. The molecule has 0 aromatic heterocycles. The Kier molecular flexibility index (Phi) is 4.73. The smallest absolute Gasteiger partial charge is 0.335 e. The number of aromatic carboxylic acids is 1. The first kappa shape index (κ1) is 14.5. The van der Waals surface area contributed by atoms with Gasteiger partial charge in [-0.05, 0) is 44.9 Å². The average Bonchev–Trinajstić information content (AvgIpc) is 2.31. The number of hydrogen-bond donors (Lipinski definition) is 2. The number of rotatable bonds is 6. The third-order valence-electron chi connectivity index (χ3n) is 3.08. The molecule has 0 amide bonds. The van der Waals surface area contributed by atoms with E-state index in [0.717, 1.165) is 24.2 Å². The van der Waals surface area contributed by atoms with Crippen molar-refractivity contribution in [1.82, 2.24) is 0 Å². The van der Waals surface area contributed by atoms with Gasteiger partial charge in [0.05, 0.1) is 11.2 Å². The van der Waals surface area contributed by atoms with Crippen LogP contribution in [0.5, 0.6) is 0 Å². The highest BCUT2D eigenvalue weighted by atomic mass is 16.5. The van der Waals surface area contributed by atoms with E-state index in [1.807, 2.05) is 26.8 Å². The molecule has 4 nitrogen and oxygen atoms in total. The SMILES string of the molecule is COC(C)(C)CCNc1cc(C(=O)O)ccc1C. The second-order valence-corrected chi connectivity index (χ2v) is 4.98. The Hall–Kier alpha value is -1.55. The van der Waals surface area contributed by atoms with Gasteiger partial charge >= 0.3 is 5.97 Å². The Morgan fingerprint density at radius 3 is 2.67 bits per heavy atom. The van der Waals surface area contributed by atoms with E-state index in [1.165, 1.54) is 0 Å². The van der Waals surface area contributed by atoms with Crippen LogP contribution in [0.4, 0.5) is 5.69 Å². The number of carboxylic acid groups (broad SMARTS) is 1. The summed E-state index contributed by atoms with van der Waals surface area (Å²) in [6.45, 7) is 6.74. The first-order valence-corrected chi connectivity index (χ1v) is 5.99. The zero-order valence-corrected chi connectivity index (χ0v) is 11.4. The summed E-state index contributed by atoms with van der Waals surface area (Å²) >= 11 is 0. The molecule has 4 heteroatoms. The summed E-state index contributed by atoms with van der Waals surface area (Å²) in [4.78, 5) is 10.9. The molecular formula is C14H21NO3. The third-order valence-corrected chi connectivity index (χ3v) is 3.08. The Bertz CT molecular complexity index is 427. The molecule has 0 aliphatic heterocycles. The van der Waals surface area contributed by atoms with Gasteiger partial charge in [0.15, 0.2) is 0 Å². The zero-order valence-electron chi connectivity index (χ0n) is 11.4. The van der Waals surface area contributed by atoms with E-state index in [9.17, 15) is 4.79 Å². The molecule has 0 fully saturated rings. The van der Waals surface area contributed by atoms with Gasteiger partial charge in [-0.15, -0.1) is 0 Å². The molecule has 0 unspecified atom stereocenters. The van der Waals surface area contributed by atoms with Gasteiger partial charge in [0, 0.05) is 19.3 Å². The van der Waals surface area contributed by atoms with Crippen LogP contribution >= 0.6 is 0 Å².